The number of nitrogens with two attached hydrogens (primary N) is 1. The predicted octanol–water partition coefficient (Wildman–Crippen LogP) is 1.76. The van der Waals surface area contributed by atoms with E-state index in [1.54, 1.807) is 0 Å². The van der Waals surface area contributed by atoms with Crippen LogP contribution in [0.4, 0.5) is 11.6 Å². The highest BCUT2D eigenvalue weighted by atomic mass is 16.6. The lowest BCUT2D eigenvalue weighted by Gasteiger charge is -1.96. The summed E-state index contributed by atoms with van der Waals surface area (Å²) >= 11 is 0. The number of nitrogens with zero attached hydrogens (tertiary/aromatic N) is 2. The minimum Gasteiger partial charge on any atom is -0.362 e. The summed E-state index contributed by atoms with van der Waals surface area (Å²) < 4.78 is 4.62. The van der Waals surface area contributed by atoms with Gasteiger partial charge in [0.05, 0.1) is 4.92 Å². The van der Waals surface area contributed by atoms with E-state index in [4.69, 9.17) is 5.73 Å². The maximum absolute atomic E-state index is 10.7. The van der Waals surface area contributed by atoms with Gasteiger partial charge in [-0.2, -0.15) is 0 Å². The van der Waals surface area contributed by atoms with E-state index in [1.165, 1.54) is 0 Å². The fraction of sp³-hybridized carbons (Fsp3) is 0.100. The summed E-state index contributed by atoms with van der Waals surface area (Å²) in [5, 5.41) is 14.3. The van der Waals surface area contributed by atoms with E-state index in [0.717, 1.165) is 5.56 Å². The Bertz CT molecular complexity index is 507. The number of rotatable bonds is 3. The fourth-order valence-corrected chi connectivity index (χ4v) is 1.43. The van der Waals surface area contributed by atoms with E-state index in [1.807, 2.05) is 30.3 Å². The van der Waals surface area contributed by atoms with Crippen LogP contribution < -0.4 is 5.73 Å². The van der Waals surface area contributed by atoms with Gasteiger partial charge in [0, 0.05) is 6.42 Å². The number of aromatic nitrogens is 1. The lowest BCUT2D eigenvalue weighted by Crippen LogP contribution is -1.97. The van der Waals surface area contributed by atoms with Crippen LogP contribution in [0, 0.1) is 10.1 Å². The third-order valence-electron chi connectivity index (χ3n) is 2.16. The van der Waals surface area contributed by atoms with Gasteiger partial charge in [-0.1, -0.05) is 35.5 Å². The molecule has 6 nitrogen and oxygen atoms in total. The SMILES string of the molecule is Nc1onc(Cc2ccccc2)c1[N+](=O)[O-]. The van der Waals surface area contributed by atoms with Crippen LogP contribution in [0.15, 0.2) is 34.9 Å². The molecular weight excluding hydrogens is 210 g/mol. The summed E-state index contributed by atoms with van der Waals surface area (Å²) in [6.07, 6.45) is 0.331. The average Bonchev–Trinajstić information content (AvgIpc) is 2.61. The van der Waals surface area contributed by atoms with Gasteiger partial charge in [0.25, 0.3) is 0 Å². The number of nitro groups is 1. The first kappa shape index (κ1) is 10.2. The number of nitrogen functional groups attached to an aromatic ring is 1. The van der Waals surface area contributed by atoms with Crippen molar-refractivity contribution in [3.8, 4) is 0 Å². The molecule has 1 aromatic carbocycles. The summed E-state index contributed by atoms with van der Waals surface area (Å²) in [5.74, 6) is -0.254. The predicted molar refractivity (Wildman–Crippen MR) is 56.8 cm³/mol. The Balaban J connectivity index is 2.32. The maximum Gasteiger partial charge on any atom is 0.356 e. The van der Waals surface area contributed by atoms with Crippen LogP contribution >= 0.6 is 0 Å². The van der Waals surface area contributed by atoms with Gasteiger partial charge < -0.3 is 10.3 Å². The second-order valence-corrected chi connectivity index (χ2v) is 3.26. The molecule has 0 saturated heterocycles. The van der Waals surface area contributed by atoms with Gasteiger partial charge >= 0.3 is 11.6 Å². The van der Waals surface area contributed by atoms with Crippen molar-refractivity contribution in [2.45, 2.75) is 6.42 Å². The molecule has 16 heavy (non-hydrogen) atoms. The van der Waals surface area contributed by atoms with Crippen molar-refractivity contribution in [3.05, 3.63) is 51.7 Å². The molecule has 0 saturated carbocycles. The van der Waals surface area contributed by atoms with Crippen molar-refractivity contribution in [1.29, 1.82) is 0 Å². The Morgan fingerprint density at radius 2 is 2.06 bits per heavy atom. The first-order valence-electron chi connectivity index (χ1n) is 4.61. The van der Waals surface area contributed by atoms with Crippen molar-refractivity contribution in [1.82, 2.24) is 5.16 Å². The number of anilines is 1. The van der Waals surface area contributed by atoms with Crippen LogP contribution in [-0.2, 0) is 6.42 Å². The second-order valence-electron chi connectivity index (χ2n) is 3.26. The highest BCUT2D eigenvalue weighted by Crippen LogP contribution is 2.27. The minimum absolute atomic E-state index is 0.244. The van der Waals surface area contributed by atoms with E-state index in [0.29, 0.717) is 6.42 Å². The molecule has 0 spiro atoms. The van der Waals surface area contributed by atoms with Crippen LogP contribution in [-0.4, -0.2) is 10.1 Å². The molecule has 0 atom stereocenters. The zero-order valence-electron chi connectivity index (χ0n) is 8.29. The van der Waals surface area contributed by atoms with Crippen LogP contribution in [0.3, 0.4) is 0 Å². The van der Waals surface area contributed by atoms with Crippen molar-refractivity contribution in [2.24, 2.45) is 0 Å². The molecule has 0 aliphatic heterocycles. The van der Waals surface area contributed by atoms with Gasteiger partial charge in [0.15, 0.2) is 5.69 Å². The molecule has 2 aromatic rings. The fourth-order valence-electron chi connectivity index (χ4n) is 1.43. The number of hydrogen-bond donors (Lipinski definition) is 1. The van der Waals surface area contributed by atoms with E-state index >= 15 is 0 Å². The molecule has 0 bridgehead atoms. The summed E-state index contributed by atoms with van der Waals surface area (Å²) in [7, 11) is 0. The summed E-state index contributed by atoms with van der Waals surface area (Å²) in [4.78, 5) is 10.1. The second kappa shape index (κ2) is 4.01. The van der Waals surface area contributed by atoms with Crippen molar-refractivity contribution >= 4 is 11.6 Å². The molecule has 1 aromatic heterocycles. The van der Waals surface area contributed by atoms with Gasteiger partial charge in [-0.05, 0) is 5.56 Å². The van der Waals surface area contributed by atoms with Crippen LogP contribution in [0.1, 0.15) is 11.3 Å². The van der Waals surface area contributed by atoms with Crippen molar-refractivity contribution in [3.63, 3.8) is 0 Å². The quantitative estimate of drug-likeness (QED) is 0.626. The molecule has 0 amide bonds. The van der Waals surface area contributed by atoms with Crippen molar-refractivity contribution < 1.29 is 9.45 Å². The molecular formula is C10H9N3O3. The molecule has 0 fully saturated rings. The van der Waals surface area contributed by atoms with Gasteiger partial charge in [-0.15, -0.1) is 0 Å². The normalized spacial score (nSPS) is 10.2. The number of benzene rings is 1. The molecule has 0 unspecified atom stereocenters. The largest absolute Gasteiger partial charge is 0.362 e. The van der Waals surface area contributed by atoms with Crippen LogP contribution in [0.25, 0.3) is 0 Å². The molecule has 6 heteroatoms. The smallest absolute Gasteiger partial charge is 0.356 e. The Morgan fingerprint density at radius 3 is 2.69 bits per heavy atom. The molecule has 1 heterocycles. The Hall–Kier alpha value is -2.37. The molecule has 0 aliphatic rings. The van der Waals surface area contributed by atoms with Crippen LogP contribution in [0.5, 0.6) is 0 Å². The standard InChI is InChI=1S/C10H9N3O3/c11-10-9(13(14)15)8(12-16-10)6-7-4-2-1-3-5-7/h1-5H,6,11H2. The van der Waals surface area contributed by atoms with Gasteiger partial charge in [-0.3, -0.25) is 10.1 Å². The topological polar surface area (TPSA) is 95.2 Å². The molecule has 2 N–H and O–H groups in total. The van der Waals surface area contributed by atoms with Gasteiger partial charge in [0.1, 0.15) is 0 Å². The Labute approximate surface area is 90.8 Å². The summed E-state index contributed by atoms with van der Waals surface area (Å²) in [6, 6.07) is 9.29. The third kappa shape index (κ3) is 1.85. The molecule has 0 radical (unpaired) electrons. The number of hydrogen-bond acceptors (Lipinski definition) is 5. The maximum atomic E-state index is 10.7. The average molecular weight is 219 g/mol. The molecule has 2 rings (SSSR count). The van der Waals surface area contributed by atoms with Gasteiger partial charge in [0.2, 0.25) is 0 Å². The highest BCUT2D eigenvalue weighted by Gasteiger charge is 2.24. The monoisotopic (exact) mass is 219 g/mol. The highest BCUT2D eigenvalue weighted by molar-refractivity contribution is 5.53. The van der Waals surface area contributed by atoms with E-state index < -0.39 is 4.92 Å². The summed E-state index contributed by atoms with van der Waals surface area (Å²) in [5.41, 5.74) is 6.24. The van der Waals surface area contributed by atoms with E-state index in [-0.39, 0.29) is 17.3 Å². The third-order valence-corrected chi connectivity index (χ3v) is 2.16. The first-order valence-corrected chi connectivity index (χ1v) is 4.61. The molecule has 0 aliphatic carbocycles. The van der Waals surface area contributed by atoms with E-state index in [9.17, 15) is 10.1 Å². The van der Waals surface area contributed by atoms with Crippen LogP contribution in [0.2, 0.25) is 0 Å². The zero-order chi connectivity index (χ0) is 11.5. The minimum atomic E-state index is -0.579. The van der Waals surface area contributed by atoms with Crippen molar-refractivity contribution in [2.75, 3.05) is 5.73 Å². The lowest BCUT2D eigenvalue weighted by atomic mass is 10.1. The zero-order valence-corrected chi connectivity index (χ0v) is 8.29. The lowest BCUT2D eigenvalue weighted by molar-refractivity contribution is -0.384. The first-order chi connectivity index (χ1) is 7.68. The Kier molecular flexibility index (Phi) is 2.55. The van der Waals surface area contributed by atoms with E-state index in [2.05, 4.69) is 9.68 Å². The van der Waals surface area contributed by atoms with Gasteiger partial charge in [-0.25, -0.2) is 0 Å². The summed E-state index contributed by atoms with van der Waals surface area (Å²) in [6.45, 7) is 0. The molecule has 82 valence electrons. The Morgan fingerprint density at radius 1 is 1.38 bits per heavy atom.